The highest BCUT2D eigenvalue weighted by Gasteiger charge is 2.27. The Kier molecular flexibility index (Phi) is 7.08. The number of nitrogens with one attached hydrogen (secondary N) is 1. The summed E-state index contributed by atoms with van der Waals surface area (Å²) in [5.41, 5.74) is 1.96. The van der Waals surface area contributed by atoms with Gasteiger partial charge in [-0.3, -0.25) is 4.79 Å². The summed E-state index contributed by atoms with van der Waals surface area (Å²) in [5, 5.41) is 3.07. The van der Waals surface area contributed by atoms with Gasteiger partial charge in [0.15, 0.2) is 9.84 Å². The van der Waals surface area contributed by atoms with Crippen LogP contribution < -0.4 is 5.32 Å². The summed E-state index contributed by atoms with van der Waals surface area (Å²) in [4.78, 5) is 26.1. The lowest BCUT2D eigenvalue weighted by Gasteiger charge is -2.09. The minimum absolute atomic E-state index is 0.201. The average Bonchev–Trinajstić information content (AvgIpc) is 2.82. The number of amides is 1. The third kappa shape index (κ3) is 5.67. The molecule has 1 heterocycles. The maximum absolute atomic E-state index is 12.5. The van der Waals surface area contributed by atoms with E-state index in [-0.39, 0.29) is 12.4 Å². The predicted molar refractivity (Wildman–Crippen MR) is 114 cm³/mol. The molecule has 0 aliphatic heterocycles. The molecule has 8 heteroatoms. The third-order valence-electron chi connectivity index (χ3n) is 4.73. The molecule has 1 aromatic heterocycles. The van der Waals surface area contributed by atoms with E-state index in [1.165, 1.54) is 11.3 Å². The molecule has 6 nitrogen and oxygen atoms in total. The Labute approximate surface area is 175 Å². The highest BCUT2D eigenvalue weighted by Crippen LogP contribution is 2.38. The molecule has 0 atom stereocenters. The van der Waals surface area contributed by atoms with E-state index in [2.05, 4.69) is 5.32 Å². The summed E-state index contributed by atoms with van der Waals surface area (Å²) >= 11 is 1.36. The Balaban J connectivity index is 1.78. The number of thiophene rings is 1. The van der Waals surface area contributed by atoms with Gasteiger partial charge in [-0.25, -0.2) is 13.2 Å². The summed E-state index contributed by atoms with van der Waals surface area (Å²) < 4.78 is 30.0. The molecule has 0 saturated heterocycles. The zero-order valence-corrected chi connectivity index (χ0v) is 18.0. The predicted octanol–water partition coefficient (Wildman–Crippen LogP) is 3.75. The highest BCUT2D eigenvalue weighted by molar-refractivity contribution is 7.91. The van der Waals surface area contributed by atoms with Crippen molar-refractivity contribution in [2.24, 2.45) is 0 Å². The smallest absolute Gasteiger partial charge is 0.341 e. The van der Waals surface area contributed by atoms with E-state index in [1.807, 2.05) is 0 Å². The van der Waals surface area contributed by atoms with Gasteiger partial charge >= 0.3 is 5.97 Å². The first-order chi connectivity index (χ1) is 13.9. The number of aryl methyl sites for hydroxylation is 1. The summed E-state index contributed by atoms with van der Waals surface area (Å²) in [6.07, 6.45) is 4.74. The number of rotatable bonds is 7. The highest BCUT2D eigenvalue weighted by atomic mass is 32.2. The van der Waals surface area contributed by atoms with Crippen molar-refractivity contribution in [2.45, 2.75) is 44.8 Å². The maximum Gasteiger partial charge on any atom is 0.341 e. The lowest BCUT2D eigenvalue weighted by Crippen LogP contribution is -2.24. The van der Waals surface area contributed by atoms with Crippen LogP contribution in [0, 0.1) is 0 Å². The largest absolute Gasteiger partial charge is 0.462 e. The fraction of sp³-hybridized carbons (Fsp3) is 0.429. The van der Waals surface area contributed by atoms with Crippen molar-refractivity contribution < 1.29 is 22.7 Å². The summed E-state index contributed by atoms with van der Waals surface area (Å²) in [6, 6.07) is 8.75. The van der Waals surface area contributed by atoms with Gasteiger partial charge in [-0.15, -0.1) is 11.3 Å². The molecule has 3 rings (SSSR count). The summed E-state index contributed by atoms with van der Waals surface area (Å²) in [5.74, 6) is -1.93. The van der Waals surface area contributed by atoms with Gasteiger partial charge in [0.1, 0.15) is 10.8 Å². The molecule has 0 unspecified atom stereocenters. The minimum Gasteiger partial charge on any atom is -0.462 e. The van der Waals surface area contributed by atoms with Crippen molar-refractivity contribution in [3.8, 4) is 0 Å². The van der Waals surface area contributed by atoms with E-state index in [9.17, 15) is 18.0 Å². The van der Waals surface area contributed by atoms with E-state index in [1.54, 1.807) is 37.3 Å². The van der Waals surface area contributed by atoms with Gasteiger partial charge in [0.25, 0.3) is 0 Å². The molecule has 0 spiro atoms. The lowest BCUT2D eigenvalue weighted by atomic mass is 10.1. The topological polar surface area (TPSA) is 89.5 Å². The van der Waals surface area contributed by atoms with Crippen molar-refractivity contribution in [3.05, 3.63) is 51.9 Å². The molecule has 1 amide bonds. The van der Waals surface area contributed by atoms with Crippen LogP contribution in [0.5, 0.6) is 0 Å². The van der Waals surface area contributed by atoms with Crippen molar-refractivity contribution in [1.82, 2.24) is 0 Å². The van der Waals surface area contributed by atoms with Crippen molar-refractivity contribution in [1.29, 1.82) is 0 Å². The quantitative estimate of drug-likeness (QED) is 0.528. The van der Waals surface area contributed by atoms with Crippen LogP contribution in [0.2, 0.25) is 0 Å². The number of ether oxygens (including phenoxy) is 1. The molecule has 29 heavy (non-hydrogen) atoms. The number of benzene rings is 1. The van der Waals surface area contributed by atoms with Gasteiger partial charge in [-0.05, 0) is 43.7 Å². The fourth-order valence-corrected chi connectivity index (χ4v) is 6.06. The standard InChI is InChI=1S/C21H25NO5S2/c1-2-27-21(24)19-16-11-7-4-8-12-17(16)28-20(19)22-18(23)14-29(25,26)13-15-9-5-3-6-10-15/h3,5-6,9-10H,2,4,7-8,11-14H2,1H3,(H,22,23). The second-order valence-corrected chi connectivity index (χ2v) is 10.2. The fourth-order valence-electron chi connectivity index (χ4n) is 3.49. The van der Waals surface area contributed by atoms with Gasteiger partial charge in [0.05, 0.1) is 17.9 Å². The Morgan fingerprint density at radius 2 is 1.83 bits per heavy atom. The van der Waals surface area contributed by atoms with Crippen LogP contribution in [-0.4, -0.2) is 32.7 Å². The van der Waals surface area contributed by atoms with Gasteiger partial charge in [0.2, 0.25) is 5.91 Å². The molecule has 0 saturated carbocycles. The van der Waals surface area contributed by atoms with E-state index >= 15 is 0 Å². The third-order valence-corrected chi connectivity index (χ3v) is 7.42. The van der Waals surface area contributed by atoms with Crippen LogP contribution in [0.3, 0.4) is 0 Å². The Morgan fingerprint density at radius 3 is 2.55 bits per heavy atom. The number of hydrogen-bond donors (Lipinski definition) is 1. The van der Waals surface area contributed by atoms with Crippen LogP contribution >= 0.6 is 11.3 Å². The van der Waals surface area contributed by atoms with Gasteiger partial charge in [-0.1, -0.05) is 36.8 Å². The van der Waals surface area contributed by atoms with Crippen molar-refractivity contribution in [2.75, 3.05) is 17.7 Å². The zero-order chi connectivity index (χ0) is 20.9. The maximum atomic E-state index is 12.5. The number of fused-ring (bicyclic) bond motifs is 1. The number of carbonyl (C=O) groups is 2. The number of anilines is 1. The first kappa shape index (κ1) is 21.5. The molecule has 1 aromatic carbocycles. The van der Waals surface area contributed by atoms with E-state index < -0.39 is 27.5 Å². The normalized spacial score (nSPS) is 14.0. The molecular formula is C21H25NO5S2. The second-order valence-electron chi connectivity index (χ2n) is 7.06. The number of hydrogen-bond acceptors (Lipinski definition) is 6. The Hall–Kier alpha value is -2.19. The Morgan fingerprint density at radius 1 is 1.10 bits per heavy atom. The number of sulfone groups is 1. The SMILES string of the molecule is CCOC(=O)c1c(NC(=O)CS(=O)(=O)Cc2ccccc2)sc2c1CCCCC2. The molecule has 2 aromatic rings. The molecule has 1 N–H and O–H groups in total. The van der Waals surface area contributed by atoms with Gasteiger partial charge in [-0.2, -0.15) is 0 Å². The molecule has 156 valence electrons. The van der Waals surface area contributed by atoms with Gasteiger partial charge < -0.3 is 10.1 Å². The monoisotopic (exact) mass is 435 g/mol. The summed E-state index contributed by atoms with van der Waals surface area (Å²) in [7, 11) is -3.63. The number of esters is 1. The van der Waals surface area contributed by atoms with Crippen molar-refractivity contribution in [3.63, 3.8) is 0 Å². The second kappa shape index (κ2) is 9.54. The van der Waals surface area contributed by atoms with Crippen LogP contribution in [0.4, 0.5) is 5.00 Å². The van der Waals surface area contributed by atoms with Crippen molar-refractivity contribution >= 4 is 38.1 Å². The van der Waals surface area contributed by atoms with Crippen LogP contribution in [0.25, 0.3) is 0 Å². The molecule has 0 bridgehead atoms. The van der Waals surface area contributed by atoms with E-state index in [0.29, 0.717) is 16.1 Å². The zero-order valence-electron chi connectivity index (χ0n) is 16.4. The molecular weight excluding hydrogens is 410 g/mol. The average molecular weight is 436 g/mol. The Bertz CT molecular complexity index is 980. The molecule has 1 aliphatic carbocycles. The first-order valence-corrected chi connectivity index (χ1v) is 12.4. The molecule has 0 radical (unpaired) electrons. The van der Waals surface area contributed by atoms with Crippen LogP contribution in [0.1, 0.15) is 52.5 Å². The van der Waals surface area contributed by atoms with E-state index in [0.717, 1.165) is 42.5 Å². The first-order valence-electron chi connectivity index (χ1n) is 9.75. The lowest BCUT2D eigenvalue weighted by molar-refractivity contribution is -0.113. The minimum atomic E-state index is -3.63. The molecule has 0 fully saturated rings. The number of carbonyl (C=O) groups excluding carboxylic acids is 2. The molecule has 1 aliphatic rings. The van der Waals surface area contributed by atoms with Gasteiger partial charge in [0, 0.05) is 4.88 Å². The van der Waals surface area contributed by atoms with Crippen LogP contribution in [0.15, 0.2) is 30.3 Å². The van der Waals surface area contributed by atoms with Crippen LogP contribution in [-0.2, 0) is 38.0 Å². The summed E-state index contributed by atoms with van der Waals surface area (Å²) in [6.45, 7) is 1.97. The van der Waals surface area contributed by atoms with E-state index in [4.69, 9.17) is 4.74 Å².